The Morgan fingerprint density at radius 2 is 1.48 bits per heavy atom. The maximum Gasteiger partial charge on any atom is 0.340 e. The van der Waals surface area contributed by atoms with Crippen molar-refractivity contribution < 1.29 is 37.5 Å². The van der Waals surface area contributed by atoms with E-state index in [0.29, 0.717) is 28.0 Å². The molecule has 0 aliphatic carbocycles. The molecule has 0 saturated heterocycles. The zero-order valence-electron chi connectivity index (χ0n) is 24.6. The molecule has 0 saturated carbocycles. The number of phenolic OH excluding ortho intramolecular Hbond substituents is 2. The van der Waals surface area contributed by atoms with E-state index in [2.05, 4.69) is 29.0 Å². The predicted molar refractivity (Wildman–Crippen MR) is 170 cm³/mol. The van der Waals surface area contributed by atoms with Gasteiger partial charge in [0.2, 0.25) is 0 Å². The van der Waals surface area contributed by atoms with Crippen LogP contribution in [0.1, 0.15) is 40.9 Å². The number of azo groups is 1. The van der Waals surface area contributed by atoms with Crippen molar-refractivity contribution in [1.29, 1.82) is 0 Å². The van der Waals surface area contributed by atoms with Crippen molar-refractivity contribution in [3.8, 4) is 23.0 Å². The molecular formula is C34H27N3O8S. The summed E-state index contributed by atoms with van der Waals surface area (Å²) in [6, 6.07) is 22.7. The largest absolute Gasteiger partial charge is 0.506 e. The molecule has 5 aromatic rings. The lowest BCUT2D eigenvalue weighted by Crippen LogP contribution is -2.33. The second-order valence-corrected chi connectivity index (χ2v) is 12.3. The van der Waals surface area contributed by atoms with Crippen LogP contribution in [0.4, 0.5) is 17.1 Å². The molecule has 11 nitrogen and oxygen atoms in total. The van der Waals surface area contributed by atoms with Gasteiger partial charge in [-0.05, 0) is 38.1 Å². The molecule has 1 unspecified atom stereocenters. The van der Waals surface area contributed by atoms with Crippen LogP contribution in [0.2, 0.25) is 0 Å². The molecule has 5 aromatic carbocycles. The summed E-state index contributed by atoms with van der Waals surface area (Å²) < 4.78 is 46.3. The number of carbonyl (C=O) groups excluding carboxylic acids is 1. The van der Waals surface area contributed by atoms with E-state index in [9.17, 15) is 28.0 Å². The predicted octanol–water partition coefficient (Wildman–Crippen LogP) is 7.33. The van der Waals surface area contributed by atoms with Gasteiger partial charge in [-0.25, -0.2) is 4.79 Å². The van der Waals surface area contributed by atoms with E-state index in [1.165, 1.54) is 24.3 Å². The van der Waals surface area contributed by atoms with Crippen LogP contribution < -0.4 is 9.64 Å². The van der Waals surface area contributed by atoms with Gasteiger partial charge in [0, 0.05) is 58.9 Å². The monoisotopic (exact) mass is 637 g/mol. The highest BCUT2D eigenvalue weighted by Crippen LogP contribution is 2.58. The lowest BCUT2D eigenvalue weighted by Gasteiger charge is -2.37. The van der Waals surface area contributed by atoms with Crippen molar-refractivity contribution in [3.05, 3.63) is 107 Å². The molecule has 46 heavy (non-hydrogen) atoms. The summed E-state index contributed by atoms with van der Waals surface area (Å²) >= 11 is 0. The number of rotatable bonds is 6. The van der Waals surface area contributed by atoms with Crippen LogP contribution in [0.25, 0.3) is 10.8 Å². The second kappa shape index (κ2) is 10.6. The maximum absolute atomic E-state index is 13.3. The van der Waals surface area contributed by atoms with Crippen molar-refractivity contribution in [2.24, 2.45) is 10.2 Å². The number of anilines is 1. The molecule has 0 aromatic heterocycles. The first-order chi connectivity index (χ1) is 22.1. The first-order valence-corrected chi connectivity index (χ1v) is 15.9. The number of nitrogens with zero attached hydrogens (tertiary/aromatic N) is 3. The number of aromatic hydroxyl groups is 2. The molecule has 1 spiro atoms. The van der Waals surface area contributed by atoms with Crippen molar-refractivity contribution in [2.45, 2.75) is 24.3 Å². The molecule has 0 amide bonds. The van der Waals surface area contributed by atoms with Gasteiger partial charge in [0.05, 0.1) is 11.1 Å². The van der Waals surface area contributed by atoms with Gasteiger partial charge in [0.1, 0.15) is 39.3 Å². The molecule has 2 heterocycles. The van der Waals surface area contributed by atoms with Crippen molar-refractivity contribution >= 4 is 43.9 Å². The van der Waals surface area contributed by atoms with Crippen LogP contribution in [0.3, 0.4) is 0 Å². The van der Waals surface area contributed by atoms with Gasteiger partial charge in [-0.1, -0.05) is 42.5 Å². The molecule has 2 aliphatic rings. The third-order valence-corrected chi connectivity index (χ3v) is 9.31. The molecule has 12 heteroatoms. The average molecular weight is 638 g/mol. The fourth-order valence-corrected chi connectivity index (χ4v) is 7.00. The number of carbonyl (C=O) groups is 1. The van der Waals surface area contributed by atoms with Gasteiger partial charge in [0.25, 0.3) is 10.1 Å². The highest BCUT2D eigenvalue weighted by molar-refractivity contribution is 7.86. The summed E-state index contributed by atoms with van der Waals surface area (Å²) in [6.07, 6.45) is 0. The number of benzene rings is 5. The SMILES string of the molecule is CCN(CC)c1ccc2c(c1)Oc1cc(O)c(N=Nc3c(O)cc(S(=O)(=O)O)c4ccccc34)cc1C21OC(=O)c2ccccc21. The Morgan fingerprint density at radius 3 is 2.22 bits per heavy atom. The minimum atomic E-state index is -4.66. The quantitative estimate of drug-likeness (QED) is 0.0985. The fourth-order valence-electron chi connectivity index (χ4n) is 6.29. The molecule has 0 fully saturated rings. The Morgan fingerprint density at radius 1 is 0.783 bits per heavy atom. The summed E-state index contributed by atoms with van der Waals surface area (Å²) in [5, 5.41) is 30.6. The first-order valence-electron chi connectivity index (χ1n) is 14.5. The van der Waals surface area contributed by atoms with Gasteiger partial charge < -0.3 is 24.6 Å². The molecule has 3 N–H and O–H groups in total. The number of phenols is 2. The van der Waals surface area contributed by atoms with Crippen molar-refractivity contribution in [1.82, 2.24) is 0 Å². The van der Waals surface area contributed by atoms with Crippen LogP contribution in [0.5, 0.6) is 23.0 Å². The van der Waals surface area contributed by atoms with E-state index in [4.69, 9.17) is 9.47 Å². The van der Waals surface area contributed by atoms with Crippen LogP contribution >= 0.6 is 0 Å². The first kappa shape index (κ1) is 29.3. The van der Waals surface area contributed by atoms with Gasteiger partial charge in [0.15, 0.2) is 5.60 Å². The summed E-state index contributed by atoms with van der Waals surface area (Å²) in [5.41, 5.74) is 1.35. The Balaban J connectivity index is 1.42. The third kappa shape index (κ3) is 4.37. The molecule has 232 valence electrons. The summed E-state index contributed by atoms with van der Waals surface area (Å²) in [7, 11) is -4.66. The highest BCUT2D eigenvalue weighted by atomic mass is 32.2. The normalized spacial score (nSPS) is 16.6. The van der Waals surface area contributed by atoms with E-state index < -0.39 is 32.3 Å². The summed E-state index contributed by atoms with van der Waals surface area (Å²) in [4.78, 5) is 15.0. The third-order valence-electron chi connectivity index (χ3n) is 8.41. The molecule has 7 rings (SSSR count). The van der Waals surface area contributed by atoms with E-state index in [-0.39, 0.29) is 33.6 Å². The molecule has 0 bridgehead atoms. The number of fused-ring (bicyclic) bond motifs is 7. The zero-order chi connectivity index (χ0) is 32.4. The van der Waals surface area contributed by atoms with Gasteiger partial charge >= 0.3 is 5.97 Å². The van der Waals surface area contributed by atoms with Crippen LogP contribution in [0, 0.1) is 0 Å². The smallest absolute Gasteiger partial charge is 0.340 e. The number of esters is 1. The van der Waals surface area contributed by atoms with Gasteiger partial charge in [-0.3, -0.25) is 4.55 Å². The second-order valence-electron chi connectivity index (χ2n) is 10.9. The number of hydrogen-bond donors (Lipinski definition) is 3. The van der Waals surface area contributed by atoms with Gasteiger partial charge in [-0.2, -0.15) is 8.42 Å². The Kier molecular flexibility index (Phi) is 6.72. The average Bonchev–Trinajstić information content (AvgIpc) is 3.33. The fraction of sp³-hybridized carbons (Fsp3) is 0.147. The minimum absolute atomic E-state index is 0.0345. The summed E-state index contributed by atoms with van der Waals surface area (Å²) in [6.45, 7) is 5.64. The zero-order valence-corrected chi connectivity index (χ0v) is 25.4. The number of hydrogen-bond acceptors (Lipinski definition) is 10. The number of ether oxygens (including phenoxy) is 2. The Hall–Kier alpha value is -5.46. The van der Waals surface area contributed by atoms with E-state index in [0.717, 1.165) is 24.8 Å². The van der Waals surface area contributed by atoms with E-state index in [1.807, 2.05) is 30.3 Å². The molecule has 2 aliphatic heterocycles. The van der Waals surface area contributed by atoms with Crippen LogP contribution in [-0.2, 0) is 20.5 Å². The molecule has 1 atom stereocenters. The van der Waals surface area contributed by atoms with Crippen molar-refractivity contribution in [2.75, 3.05) is 18.0 Å². The van der Waals surface area contributed by atoms with Crippen LogP contribution in [-0.4, -0.2) is 42.2 Å². The van der Waals surface area contributed by atoms with Crippen molar-refractivity contribution in [3.63, 3.8) is 0 Å². The van der Waals surface area contributed by atoms with E-state index >= 15 is 0 Å². The lowest BCUT2D eigenvalue weighted by molar-refractivity contribution is 0.0224. The maximum atomic E-state index is 13.3. The summed E-state index contributed by atoms with van der Waals surface area (Å²) in [5.74, 6) is -0.670. The Bertz CT molecular complexity index is 2230. The molecule has 0 radical (unpaired) electrons. The highest BCUT2D eigenvalue weighted by Gasteiger charge is 2.54. The van der Waals surface area contributed by atoms with Crippen LogP contribution in [0.15, 0.2) is 100 Å². The molecular weight excluding hydrogens is 610 g/mol. The minimum Gasteiger partial charge on any atom is -0.506 e. The lowest BCUT2D eigenvalue weighted by atomic mass is 9.77. The van der Waals surface area contributed by atoms with Gasteiger partial charge in [-0.15, -0.1) is 10.2 Å². The Labute approximate surface area is 263 Å². The standard InChI is InChI=1S/C34H27N3O8S/c1-3-37(4-2)19-13-14-24-29(15-19)44-30-17-27(38)26(16-25(30)34(24)23-12-8-7-11-22(23)33(40)45-34)35-36-32-21-10-6-5-9-20(21)31(18-28(32)39)46(41,42)43/h5-18,38-39H,3-4H2,1-2H3,(H,41,42,43). The van der Waals surface area contributed by atoms with E-state index in [1.54, 1.807) is 24.3 Å². The topological polar surface area (TPSA) is 158 Å².